The predicted octanol–water partition coefficient (Wildman–Crippen LogP) is 25.6. The molecule has 5 atom stereocenters. The average Bonchev–Trinajstić information content (AvgIpc) is 0.823. The molecule has 1 fully saturated rings. The Balaban J connectivity index is 0.000000171. The maximum absolute atomic E-state index is 13.0. The first-order valence-electron chi connectivity index (χ1n) is 43.5. The average molecular weight is 2310 g/mol. The van der Waals surface area contributed by atoms with E-state index < -0.39 is 36.9 Å². The molecular formula is C109H106I4O16S4+4. The van der Waals surface area contributed by atoms with Crippen molar-refractivity contribution in [1.29, 1.82) is 0 Å². The number of hydrogen-bond donors (Lipinski definition) is 1. The van der Waals surface area contributed by atoms with Crippen LogP contribution in [0.1, 0.15) is 103 Å². The Kier molecular flexibility index (Phi) is 41.7. The van der Waals surface area contributed by atoms with Crippen molar-refractivity contribution in [2.75, 3.05) is 19.8 Å². The Morgan fingerprint density at radius 2 is 0.677 bits per heavy atom. The summed E-state index contributed by atoms with van der Waals surface area (Å²) in [5.41, 5.74) is 0.193. The first-order chi connectivity index (χ1) is 64.2. The maximum Gasteiger partial charge on any atom is 0.347 e. The number of hydrogen-bond acceptors (Lipinski definition) is 16. The predicted molar refractivity (Wildman–Crippen MR) is 561 cm³/mol. The standard InChI is InChI=1S/C29H24IO4S.C28H28IO4S.C27H28IO4S.C25H26IO4S/c1-29(2,30)28(32)34-26-16-10-9-15-25(26)27(31)33-21-17-19-24(20-18-21)35(22-11-5-3-6-12-22)23-13-7-4-8-14-23;1-20(29)27(30)33-26-15-9-8-14-25(26)28(31)32-21-16-18-24(19-17-21)34(22-10-4-2-5-11-22)23-12-6-3-7-13-23;1-21(28)27(30)31-20-10-4-9-15-26(29)32-22-16-18-25(19-17-22)33(23-11-5-2-6-12-23)24-13-7-3-8-14-24;1-25(2,26)24(28)30-18-19(27)17-29-20-13-15-23(16-14-20)31(21-9-5-3-6-10-21)22-11-7-4-8-12-22/h3-20H,1-2H3;2-7,10-13,16-20,25-26H,8-9,14-15H2,1H3;2-3,5-8,11-14,16-19,21H,4,9-10,15,20H2,1H3;3-16,19,27H,17-18H2,1-2H3/q4*+1. The van der Waals surface area contributed by atoms with Gasteiger partial charge in [-0.2, -0.15) is 0 Å². The van der Waals surface area contributed by atoms with Gasteiger partial charge in [-0.1, -0.05) is 255 Å². The highest BCUT2D eigenvalue weighted by Crippen LogP contribution is 2.39. The summed E-state index contributed by atoms with van der Waals surface area (Å²) >= 11 is 8.08. The number of ether oxygens (including phenoxy) is 8. The summed E-state index contributed by atoms with van der Waals surface area (Å²) in [4.78, 5) is 100. The molecule has 13 aromatic rings. The minimum absolute atomic E-state index is 0.0530. The minimum Gasteiger partial charge on any atom is -0.491 e. The van der Waals surface area contributed by atoms with E-state index in [1.807, 2.05) is 236 Å². The first-order valence-corrected chi connectivity index (χ1v) is 53.0. The molecule has 686 valence electrons. The van der Waals surface area contributed by atoms with Crippen molar-refractivity contribution in [2.45, 2.75) is 179 Å². The molecule has 16 nitrogen and oxygen atoms in total. The second-order valence-corrected chi connectivity index (χ2v) is 48.6. The van der Waals surface area contributed by atoms with Gasteiger partial charge in [0.15, 0.2) is 58.7 Å². The van der Waals surface area contributed by atoms with Crippen molar-refractivity contribution >= 4 is 176 Å². The number of benzene rings is 13. The number of alkyl halides is 4. The zero-order chi connectivity index (χ0) is 94.5. The van der Waals surface area contributed by atoms with Crippen LogP contribution >= 0.6 is 90.4 Å². The van der Waals surface area contributed by atoms with Gasteiger partial charge < -0.3 is 43.0 Å². The van der Waals surface area contributed by atoms with Gasteiger partial charge >= 0.3 is 41.8 Å². The Morgan fingerprint density at radius 3 is 1.04 bits per heavy atom. The molecule has 13 aromatic carbocycles. The van der Waals surface area contributed by atoms with E-state index in [9.17, 15) is 38.7 Å². The Labute approximate surface area is 846 Å². The smallest absolute Gasteiger partial charge is 0.347 e. The van der Waals surface area contributed by atoms with Crippen molar-refractivity contribution < 1.29 is 76.6 Å². The van der Waals surface area contributed by atoms with E-state index in [1.165, 1.54) is 49.0 Å². The fourth-order valence-electron chi connectivity index (χ4n) is 13.3. The summed E-state index contributed by atoms with van der Waals surface area (Å²) in [6, 6.07) is 121. The molecule has 1 aliphatic rings. The van der Waals surface area contributed by atoms with Crippen LogP contribution in [0.15, 0.2) is 423 Å². The highest BCUT2D eigenvalue weighted by atomic mass is 127. The highest BCUT2D eigenvalue weighted by molar-refractivity contribution is 14.1. The van der Waals surface area contributed by atoms with Gasteiger partial charge in [0.05, 0.1) is 56.1 Å². The van der Waals surface area contributed by atoms with Gasteiger partial charge in [0, 0.05) is 6.42 Å². The molecule has 0 spiro atoms. The number of unbranched alkanes of at least 4 members (excludes halogenated alkanes) is 2. The van der Waals surface area contributed by atoms with E-state index in [0.717, 1.165) is 35.5 Å². The highest BCUT2D eigenvalue weighted by Gasteiger charge is 2.38. The molecule has 0 amide bonds. The number of rotatable bonds is 34. The van der Waals surface area contributed by atoms with Crippen LogP contribution in [0.25, 0.3) is 0 Å². The number of para-hydroxylation sites is 1. The van der Waals surface area contributed by atoms with Crippen LogP contribution in [-0.2, 0) is 86.6 Å². The van der Waals surface area contributed by atoms with Crippen molar-refractivity contribution in [3.05, 3.63) is 370 Å². The van der Waals surface area contributed by atoms with Crippen molar-refractivity contribution in [1.82, 2.24) is 0 Å². The topological polar surface area (TPSA) is 214 Å². The molecule has 1 aliphatic carbocycles. The normalized spacial score (nSPS) is 13.6. The molecular weight excluding hydrogens is 2200 g/mol. The summed E-state index contributed by atoms with van der Waals surface area (Å²) < 4.78 is 42.2. The van der Waals surface area contributed by atoms with Crippen molar-refractivity contribution in [3.8, 4) is 28.7 Å². The molecule has 0 aliphatic heterocycles. The van der Waals surface area contributed by atoms with Gasteiger partial charge in [-0.05, 0) is 286 Å². The number of carbonyl (C=O) groups excluding carboxylic acids is 7. The van der Waals surface area contributed by atoms with Crippen LogP contribution in [0.3, 0.4) is 0 Å². The molecule has 0 saturated heterocycles. The molecule has 133 heavy (non-hydrogen) atoms. The van der Waals surface area contributed by atoms with Gasteiger partial charge in [0.2, 0.25) is 0 Å². The molecule has 14 rings (SSSR count). The third-order valence-electron chi connectivity index (χ3n) is 20.1. The van der Waals surface area contributed by atoms with Crippen molar-refractivity contribution in [3.63, 3.8) is 0 Å². The van der Waals surface area contributed by atoms with Crippen LogP contribution in [0, 0.1) is 5.92 Å². The third kappa shape index (κ3) is 33.0. The molecule has 5 unspecified atom stereocenters. The van der Waals surface area contributed by atoms with Gasteiger partial charge in [-0.25, -0.2) is 4.79 Å². The number of halogens is 4. The van der Waals surface area contributed by atoms with E-state index >= 15 is 0 Å². The number of aliphatic hydroxyl groups is 1. The summed E-state index contributed by atoms with van der Waals surface area (Å²) in [7, 11) is -0.988. The molecule has 0 heterocycles. The van der Waals surface area contributed by atoms with Crippen LogP contribution in [0.5, 0.6) is 28.7 Å². The van der Waals surface area contributed by atoms with E-state index in [2.05, 4.69) is 182 Å². The van der Waals surface area contributed by atoms with Gasteiger partial charge in [-0.3, -0.25) is 28.8 Å². The Hall–Kier alpha value is -9.77. The maximum atomic E-state index is 13.0. The lowest BCUT2D eigenvalue weighted by Crippen LogP contribution is -2.38. The largest absolute Gasteiger partial charge is 0.491 e. The molecule has 0 radical (unpaired) electrons. The fourth-order valence-corrected chi connectivity index (χ4v) is 22.3. The van der Waals surface area contributed by atoms with E-state index in [0.29, 0.717) is 55.3 Å². The van der Waals surface area contributed by atoms with Crippen LogP contribution in [0.4, 0.5) is 0 Å². The molecule has 1 N–H and O–H groups in total. The summed E-state index contributed by atoms with van der Waals surface area (Å²) in [6.45, 7) is 11.0. The molecule has 0 aromatic heterocycles. The van der Waals surface area contributed by atoms with E-state index in [1.54, 1.807) is 77.9 Å². The second kappa shape index (κ2) is 53.5. The third-order valence-corrected chi connectivity index (χ3v) is 30.9. The van der Waals surface area contributed by atoms with Crippen LogP contribution in [0.2, 0.25) is 0 Å². The van der Waals surface area contributed by atoms with Gasteiger partial charge in [0.25, 0.3) is 0 Å². The van der Waals surface area contributed by atoms with Gasteiger partial charge in [0.1, 0.15) is 74.4 Å². The SMILES string of the molecule is CC(C)(I)C(=O)OCC(O)COc1ccc([S+](c2ccccc2)c2ccccc2)cc1.CC(C)(I)C(=O)Oc1ccccc1C(=O)Oc1ccc([S+](c2ccccc2)c2ccccc2)cc1.CC(I)C(=O)OC1CCCCC1C(=O)Oc1ccc([S+](c2ccccc2)c2ccccc2)cc1.CC(I)C(=O)OCCCCCC(=O)Oc1ccc([S+](c2ccccc2)c2ccccc2)cc1. The zero-order valence-corrected chi connectivity index (χ0v) is 86.4. The second-order valence-electron chi connectivity index (χ2n) is 31.4. The number of carbonyl (C=O) groups is 7. The Bertz CT molecular complexity index is 5620. The van der Waals surface area contributed by atoms with Crippen molar-refractivity contribution in [2.24, 2.45) is 5.92 Å². The summed E-state index contributed by atoms with van der Waals surface area (Å²) in [5.74, 6) is -0.512. The van der Waals surface area contributed by atoms with Crippen LogP contribution in [-0.4, -0.2) is 93.6 Å². The number of esters is 7. The molecule has 0 bridgehead atoms. The lowest BCUT2D eigenvalue weighted by atomic mass is 9.86. The van der Waals surface area contributed by atoms with E-state index in [4.69, 9.17) is 37.9 Å². The molecule has 1 saturated carbocycles. The quantitative estimate of drug-likeness (QED) is 0.00755. The minimum atomic E-state index is -0.884. The lowest BCUT2D eigenvalue weighted by molar-refractivity contribution is -0.159. The van der Waals surface area contributed by atoms with Gasteiger partial charge in [-0.15, -0.1) is 0 Å². The lowest BCUT2D eigenvalue weighted by Gasteiger charge is -2.29. The Morgan fingerprint density at radius 1 is 0.353 bits per heavy atom. The zero-order valence-electron chi connectivity index (χ0n) is 74.5. The summed E-state index contributed by atoms with van der Waals surface area (Å²) in [6.07, 6.45) is 4.58. The molecule has 24 heteroatoms. The van der Waals surface area contributed by atoms with Crippen LogP contribution < -0.4 is 23.7 Å². The monoisotopic (exact) mass is 2310 g/mol. The fraction of sp³-hybridized carbons (Fsp3) is 0.220. The first kappa shape index (κ1) is 104. The summed E-state index contributed by atoms with van der Waals surface area (Å²) in [5, 5.41) is 10.1. The van der Waals surface area contributed by atoms with E-state index in [-0.39, 0.29) is 106 Å². The number of aliphatic hydroxyl groups excluding tert-OH is 1.